The molecule has 0 spiro atoms. The maximum absolute atomic E-state index is 12.9. The highest BCUT2D eigenvalue weighted by atomic mass is 16.5. The zero-order chi connectivity index (χ0) is 21.4. The van der Waals surface area contributed by atoms with Gasteiger partial charge in [0, 0.05) is 12.1 Å². The number of rotatable bonds is 6. The molecule has 3 rings (SSSR count). The minimum absolute atomic E-state index is 0.149. The Bertz CT molecular complexity index is 830. The summed E-state index contributed by atoms with van der Waals surface area (Å²) in [6.07, 6.45) is 0.673. The van der Waals surface area contributed by atoms with E-state index in [4.69, 9.17) is 9.47 Å². The molecular formula is C24H31NO4. The highest BCUT2D eigenvalue weighted by Gasteiger charge is 2.41. The molecule has 1 amide bonds. The third kappa shape index (κ3) is 5.17. The molecule has 0 N–H and O–H groups in total. The van der Waals surface area contributed by atoms with Gasteiger partial charge in [-0.05, 0) is 56.5 Å². The van der Waals surface area contributed by atoms with E-state index < -0.39 is 5.54 Å². The van der Waals surface area contributed by atoms with Crippen LogP contribution in [0.4, 0.5) is 0 Å². The number of carbonyl (C=O) groups is 2. The van der Waals surface area contributed by atoms with Crippen molar-refractivity contribution in [3.05, 3.63) is 65.2 Å². The first-order valence-corrected chi connectivity index (χ1v) is 10.2. The summed E-state index contributed by atoms with van der Waals surface area (Å²) in [5, 5.41) is 0. The standard InChI is InChI=1S/C22H25NO4.C2H6/c1-4-26-21(25)22(2,3)23-13-12-17-14-18(10-11-19(17)20(23)24)27-15-16-8-6-5-7-9-16;1-2/h5-11,14H,4,12-13,15H2,1-3H3;1-2H3. The average Bonchev–Trinajstić information content (AvgIpc) is 2.74. The van der Waals surface area contributed by atoms with Gasteiger partial charge in [-0.1, -0.05) is 44.2 Å². The average molecular weight is 398 g/mol. The van der Waals surface area contributed by atoms with E-state index in [1.807, 2.05) is 50.2 Å². The molecule has 156 valence electrons. The van der Waals surface area contributed by atoms with Crippen LogP contribution in [0.3, 0.4) is 0 Å². The van der Waals surface area contributed by atoms with E-state index >= 15 is 0 Å². The fourth-order valence-corrected chi connectivity index (χ4v) is 3.25. The number of hydrogen-bond donors (Lipinski definition) is 0. The van der Waals surface area contributed by atoms with Crippen LogP contribution in [0.25, 0.3) is 0 Å². The lowest BCUT2D eigenvalue weighted by Gasteiger charge is -2.39. The van der Waals surface area contributed by atoms with Crippen LogP contribution in [-0.4, -0.2) is 35.5 Å². The van der Waals surface area contributed by atoms with Crippen LogP contribution in [-0.2, 0) is 22.6 Å². The van der Waals surface area contributed by atoms with Crippen LogP contribution in [0.15, 0.2) is 48.5 Å². The van der Waals surface area contributed by atoms with Crippen LogP contribution in [0.1, 0.15) is 56.1 Å². The van der Waals surface area contributed by atoms with Gasteiger partial charge in [-0.3, -0.25) is 4.79 Å². The molecule has 0 radical (unpaired) electrons. The van der Waals surface area contributed by atoms with Crippen LogP contribution < -0.4 is 4.74 Å². The smallest absolute Gasteiger partial charge is 0.331 e. The summed E-state index contributed by atoms with van der Waals surface area (Å²) in [6, 6.07) is 15.5. The molecule has 0 unspecified atom stereocenters. The van der Waals surface area contributed by atoms with Crippen LogP contribution >= 0.6 is 0 Å². The van der Waals surface area contributed by atoms with Crippen molar-refractivity contribution in [3.8, 4) is 5.75 Å². The number of amides is 1. The van der Waals surface area contributed by atoms with Gasteiger partial charge in [0.15, 0.2) is 0 Å². The van der Waals surface area contributed by atoms with Crippen molar-refractivity contribution in [3.63, 3.8) is 0 Å². The van der Waals surface area contributed by atoms with Gasteiger partial charge in [0.05, 0.1) is 6.61 Å². The first-order chi connectivity index (χ1) is 13.9. The Kier molecular flexibility index (Phi) is 7.82. The Balaban J connectivity index is 0.00000145. The molecule has 0 saturated heterocycles. The van der Waals surface area contributed by atoms with Gasteiger partial charge >= 0.3 is 5.97 Å². The summed E-state index contributed by atoms with van der Waals surface area (Å²) >= 11 is 0. The molecule has 0 fully saturated rings. The van der Waals surface area contributed by atoms with Gasteiger partial charge in [-0.25, -0.2) is 4.79 Å². The third-order valence-corrected chi connectivity index (χ3v) is 4.86. The molecule has 29 heavy (non-hydrogen) atoms. The summed E-state index contributed by atoms with van der Waals surface area (Å²) in [4.78, 5) is 26.8. The number of ether oxygens (including phenoxy) is 2. The molecule has 1 aliphatic heterocycles. The number of carbonyl (C=O) groups excluding carboxylic acids is 2. The fraction of sp³-hybridized carbons (Fsp3) is 0.417. The van der Waals surface area contributed by atoms with E-state index in [2.05, 4.69) is 0 Å². The number of esters is 1. The van der Waals surface area contributed by atoms with Crippen LogP contribution in [0, 0.1) is 0 Å². The maximum atomic E-state index is 12.9. The fourth-order valence-electron chi connectivity index (χ4n) is 3.25. The topological polar surface area (TPSA) is 55.8 Å². The van der Waals surface area contributed by atoms with E-state index in [9.17, 15) is 9.59 Å². The van der Waals surface area contributed by atoms with Crippen molar-refractivity contribution >= 4 is 11.9 Å². The minimum atomic E-state index is -0.993. The van der Waals surface area contributed by atoms with E-state index in [0.29, 0.717) is 31.7 Å². The number of fused-ring (bicyclic) bond motifs is 1. The summed E-state index contributed by atoms with van der Waals surface area (Å²) in [7, 11) is 0. The summed E-state index contributed by atoms with van der Waals surface area (Å²) < 4.78 is 11.0. The zero-order valence-corrected chi connectivity index (χ0v) is 18.0. The van der Waals surface area contributed by atoms with Crippen molar-refractivity contribution in [2.75, 3.05) is 13.2 Å². The van der Waals surface area contributed by atoms with Crippen LogP contribution in [0.5, 0.6) is 5.75 Å². The Morgan fingerprint density at radius 1 is 1.10 bits per heavy atom. The number of hydrogen-bond acceptors (Lipinski definition) is 4. The number of benzene rings is 2. The largest absolute Gasteiger partial charge is 0.489 e. The molecule has 2 aromatic rings. The second-order valence-electron chi connectivity index (χ2n) is 7.08. The van der Waals surface area contributed by atoms with E-state index in [0.717, 1.165) is 16.9 Å². The molecule has 0 aliphatic carbocycles. The van der Waals surface area contributed by atoms with Gasteiger partial charge in [0.25, 0.3) is 5.91 Å². The highest BCUT2D eigenvalue weighted by Crippen LogP contribution is 2.29. The number of nitrogens with zero attached hydrogens (tertiary/aromatic N) is 1. The van der Waals surface area contributed by atoms with Crippen LogP contribution in [0.2, 0.25) is 0 Å². The lowest BCUT2D eigenvalue weighted by molar-refractivity contribution is -0.154. The first-order valence-electron chi connectivity index (χ1n) is 10.2. The predicted octanol–water partition coefficient (Wildman–Crippen LogP) is 4.63. The Morgan fingerprint density at radius 2 is 1.79 bits per heavy atom. The summed E-state index contributed by atoms with van der Waals surface area (Å²) in [5.41, 5.74) is 1.66. The van der Waals surface area contributed by atoms with Gasteiger partial charge in [-0.15, -0.1) is 0 Å². The zero-order valence-electron chi connectivity index (χ0n) is 18.0. The quantitative estimate of drug-likeness (QED) is 0.667. The second-order valence-corrected chi connectivity index (χ2v) is 7.08. The molecule has 0 aromatic heterocycles. The second kappa shape index (κ2) is 10.1. The minimum Gasteiger partial charge on any atom is -0.489 e. The SMILES string of the molecule is CC.CCOC(=O)C(C)(C)N1CCc2cc(OCc3ccccc3)ccc2C1=O. The van der Waals surface area contributed by atoms with Crippen molar-refractivity contribution in [1.29, 1.82) is 0 Å². The molecule has 0 saturated carbocycles. The van der Waals surface area contributed by atoms with Gasteiger partial charge in [0.1, 0.15) is 17.9 Å². The van der Waals surface area contributed by atoms with Crippen molar-refractivity contribution in [1.82, 2.24) is 4.90 Å². The third-order valence-electron chi connectivity index (χ3n) is 4.86. The van der Waals surface area contributed by atoms with Crippen molar-refractivity contribution in [2.45, 2.75) is 53.2 Å². The van der Waals surface area contributed by atoms with E-state index in [1.54, 1.807) is 37.8 Å². The van der Waals surface area contributed by atoms with E-state index in [-0.39, 0.29) is 11.9 Å². The predicted molar refractivity (Wildman–Crippen MR) is 114 cm³/mol. The van der Waals surface area contributed by atoms with Gasteiger partial charge in [-0.2, -0.15) is 0 Å². The van der Waals surface area contributed by atoms with Crippen molar-refractivity contribution in [2.24, 2.45) is 0 Å². The summed E-state index contributed by atoms with van der Waals surface area (Å²) in [5.74, 6) is 0.206. The lowest BCUT2D eigenvalue weighted by atomic mass is 9.93. The van der Waals surface area contributed by atoms with Crippen molar-refractivity contribution < 1.29 is 19.1 Å². The molecule has 1 aliphatic rings. The Hall–Kier alpha value is -2.82. The van der Waals surface area contributed by atoms with Gasteiger partial charge < -0.3 is 14.4 Å². The Morgan fingerprint density at radius 3 is 2.45 bits per heavy atom. The molecule has 1 heterocycles. The lowest BCUT2D eigenvalue weighted by Crippen LogP contribution is -2.56. The highest BCUT2D eigenvalue weighted by molar-refractivity contribution is 6.00. The monoisotopic (exact) mass is 397 g/mol. The normalized spacial score (nSPS) is 13.1. The van der Waals surface area contributed by atoms with Gasteiger partial charge in [0.2, 0.25) is 0 Å². The van der Waals surface area contributed by atoms with E-state index in [1.165, 1.54) is 0 Å². The molecule has 5 heteroatoms. The molecule has 5 nitrogen and oxygen atoms in total. The summed E-state index contributed by atoms with van der Waals surface area (Å²) in [6.45, 7) is 10.5. The molecule has 0 bridgehead atoms. The molecule has 0 atom stereocenters. The molecule has 2 aromatic carbocycles. The first kappa shape index (κ1) is 22.5. The Labute approximate surface area is 173 Å². The molecular weight excluding hydrogens is 366 g/mol. The maximum Gasteiger partial charge on any atom is 0.331 e.